The van der Waals surface area contributed by atoms with E-state index >= 15 is 0 Å². The van der Waals surface area contributed by atoms with E-state index in [1.54, 1.807) is 48.5 Å². The normalized spacial score (nSPS) is 15.9. The van der Waals surface area contributed by atoms with Crippen molar-refractivity contribution < 1.29 is 19.1 Å². The first-order valence-electron chi connectivity index (χ1n) is 7.28. The second-order valence-corrected chi connectivity index (χ2v) is 4.90. The van der Waals surface area contributed by atoms with Crippen LogP contribution in [0.3, 0.4) is 0 Å². The molecule has 1 aliphatic heterocycles. The van der Waals surface area contributed by atoms with Crippen molar-refractivity contribution in [3.05, 3.63) is 48.5 Å². The fourth-order valence-electron chi connectivity index (χ4n) is 2.27. The minimum atomic E-state index is -1.25. The van der Waals surface area contributed by atoms with E-state index in [-0.39, 0.29) is 0 Å². The lowest BCUT2D eigenvalue weighted by Crippen LogP contribution is -2.45. The Morgan fingerprint density at radius 3 is 2.78 bits per heavy atom. The van der Waals surface area contributed by atoms with Gasteiger partial charge in [0.2, 0.25) is 0 Å². The lowest BCUT2D eigenvalue weighted by Gasteiger charge is -2.25. The van der Waals surface area contributed by atoms with Crippen molar-refractivity contribution in [2.45, 2.75) is 13.0 Å². The predicted molar refractivity (Wildman–Crippen MR) is 85.7 cm³/mol. The number of hydrogen-bond acceptors (Lipinski definition) is 4. The highest BCUT2D eigenvalue weighted by atomic mass is 16.5. The molecule has 118 valence electrons. The van der Waals surface area contributed by atoms with Gasteiger partial charge in [-0.05, 0) is 31.2 Å². The van der Waals surface area contributed by atoms with Crippen LogP contribution in [0.1, 0.15) is 6.92 Å². The molecule has 6 heteroatoms. The van der Waals surface area contributed by atoms with Crippen molar-refractivity contribution in [1.82, 2.24) is 0 Å². The average molecular weight is 312 g/mol. The van der Waals surface area contributed by atoms with Crippen molar-refractivity contribution in [2.24, 2.45) is 0 Å². The number of rotatable bonds is 4. The van der Waals surface area contributed by atoms with E-state index in [0.29, 0.717) is 29.5 Å². The van der Waals surface area contributed by atoms with Crippen LogP contribution in [0.25, 0.3) is 0 Å². The van der Waals surface area contributed by atoms with Gasteiger partial charge in [-0.2, -0.15) is 0 Å². The van der Waals surface area contributed by atoms with Crippen LogP contribution in [0.15, 0.2) is 48.5 Å². The van der Waals surface area contributed by atoms with Gasteiger partial charge in [0.1, 0.15) is 11.5 Å². The van der Waals surface area contributed by atoms with Crippen LogP contribution in [0.5, 0.6) is 11.5 Å². The highest BCUT2D eigenvalue weighted by Crippen LogP contribution is 2.30. The largest absolute Gasteiger partial charge is 0.492 e. The third-order valence-electron chi connectivity index (χ3n) is 3.31. The molecular formula is C17H16N2O4. The van der Waals surface area contributed by atoms with E-state index < -0.39 is 17.9 Å². The molecule has 0 saturated carbocycles. The number of hydrogen-bond donors (Lipinski definition) is 2. The summed E-state index contributed by atoms with van der Waals surface area (Å²) in [6.45, 7) is 2.33. The van der Waals surface area contributed by atoms with Gasteiger partial charge in [-0.1, -0.05) is 24.3 Å². The van der Waals surface area contributed by atoms with E-state index in [9.17, 15) is 9.59 Å². The molecule has 0 aliphatic carbocycles. The maximum Gasteiger partial charge on any atom is 0.275 e. The topological polar surface area (TPSA) is 76.7 Å². The van der Waals surface area contributed by atoms with Crippen molar-refractivity contribution in [1.29, 1.82) is 0 Å². The maximum absolute atomic E-state index is 12.4. The Morgan fingerprint density at radius 1 is 1.22 bits per heavy atom. The Hall–Kier alpha value is -3.02. The number of carbonyl (C=O) groups is 2. The van der Waals surface area contributed by atoms with Crippen molar-refractivity contribution in [2.75, 3.05) is 17.2 Å². The third-order valence-corrected chi connectivity index (χ3v) is 3.31. The van der Waals surface area contributed by atoms with Crippen LogP contribution in [0.4, 0.5) is 11.4 Å². The Bertz CT molecular complexity index is 745. The molecule has 2 amide bonds. The molecule has 1 unspecified atom stereocenters. The molecule has 0 radical (unpaired) electrons. The number of amides is 2. The molecule has 6 nitrogen and oxygen atoms in total. The number of fused-ring (bicyclic) bond motifs is 1. The van der Waals surface area contributed by atoms with E-state index in [0.717, 1.165) is 0 Å². The second-order valence-electron chi connectivity index (χ2n) is 4.90. The van der Waals surface area contributed by atoms with Crippen LogP contribution in [-0.4, -0.2) is 24.5 Å². The Balaban J connectivity index is 1.78. The zero-order valence-electron chi connectivity index (χ0n) is 12.5. The average Bonchev–Trinajstić information content (AvgIpc) is 2.56. The summed E-state index contributed by atoms with van der Waals surface area (Å²) in [5, 5.41) is 5.34. The van der Waals surface area contributed by atoms with E-state index in [2.05, 4.69) is 10.6 Å². The van der Waals surface area contributed by atoms with Gasteiger partial charge in [-0.25, -0.2) is 0 Å². The SMILES string of the molecule is CCOc1ccccc1NC(=O)C1Oc2ccccc2NC1=O. The fraction of sp³-hybridized carbons (Fsp3) is 0.176. The van der Waals surface area contributed by atoms with Gasteiger partial charge in [0, 0.05) is 0 Å². The van der Waals surface area contributed by atoms with E-state index in [4.69, 9.17) is 9.47 Å². The number of para-hydroxylation sites is 4. The van der Waals surface area contributed by atoms with Gasteiger partial charge in [0.25, 0.3) is 17.9 Å². The summed E-state index contributed by atoms with van der Waals surface area (Å²) < 4.78 is 11.0. The summed E-state index contributed by atoms with van der Waals surface area (Å²) in [5.74, 6) is -0.0513. The van der Waals surface area contributed by atoms with Gasteiger partial charge < -0.3 is 20.1 Å². The summed E-state index contributed by atoms with van der Waals surface area (Å²) in [7, 11) is 0. The highest BCUT2D eigenvalue weighted by molar-refractivity contribution is 6.15. The molecule has 0 aromatic heterocycles. The molecule has 1 aliphatic rings. The molecule has 2 N–H and O–H groups in total. The number of benzene rings is 2. The molecule has 1 atom stereocenters. The molecular weight excluding hydrogens is 296 g/mol. The van der Waals surface area contributed by atoms with Crippen LogP contribution in [0, 0.1) is 0 Å². The Morgan fingerprint density at radius 2 is 1.96 bits per heavy atom. The van der Waals surface area contributed by atoms with Gasteiger partial charge >= 0.3 is 0 Å². The molecule has 0 saturated heterocycles. The number of ether oxygens (including phenoxy) is 2. The summed E-state index contributed by atoms with van der Waals surface area (Å²) in [4.78, 5) is 24.5. The van der Waals surface area contributed by atoms with Gasteiger partial charge in [-0.3, -0.25) is 9.59 Å². The molecule has 2 aromatic carbocycles. The third kappa shape index (κ3) is 3.11. The van der Waals surface area contributed by atoms with Crippen LogP contribution in [0.2, 0.25) is 0 Å². The van der Waals surface area contributed by atoms with Crippen LogP contribution < -0.4 is 20.1 Å². The first-order chi connectivity index (χ1) is 11.2. The zero-order chi connectivity index (χ0) is 16.2. The maximum atomic E-state index is 12.4. The van der Waals surface area contributed by atoms with Crippen molar-refractivity contribution >= 4 is 23.2 Å². The highest BCUT2D eigenvalue weighted by Gasteiger charge is 2.34. The molecule has 2 aromatic rings. The van der Waals surface area contributed by atoms with Crippen LogP contribution >= 0.6 is 0 Å². The Labute approximate surface area is 133 Å². The van der Waals surface area contributed by atoms with E-state index in [1.807, 2.05) is 6.92 Å². The molecule has 0 spiro atoms. The molecule has 0 fully saturated rings. The molecule has 3 rings (SSSR count). The number of nitrogens with one attached hydrogen (secondary N) is 2. The Kier molecular flexibility index (Phi) is 4.14. The monoisotopic (exact) mass is 312 g/mol. The predicted octanol–water partition coefficient (Wildman–Crippen LogP) is 2.42. The lowest BCUT2D eigenvalue weighted by molar-refractivity contribution is -0.133. The lowest BCUT2D eigenvalue weighted by atomic mass is 10.2. The van der Waals surface area contributed by atoms with Crippen LogP contribution in [-0.2, 0) is 9.59 Å². The fourth-order valence-corrected chi connectivity index (χ4v) is 2.27. The first-order valence-corrected chi connectivity index (χ1v) is 7.28. The van der Waals surface area contributed by atoms with Gasteiger partial charge in [0.05, 0.1) is 18.0 Å². The zero-order valence-corrected chi connectivity index (χ0v) is 12.5. The standard InChI is InChI=1S/C17H16N2O4/c1-2-22-13-9-5-3-7-11(13)18-16(20)15-17(21)19-12-8-4-6-10-14(12)23-15/h3-10,15H,2H2,1H3,(H,18,20)(H,19,21). The summed E-state index contributed by atoms with van der Waals surface area (Å²) in [6.07, 6.45) is -1.25. The van der Waals surface area contributed by atoms with E-state index in [1.165, 1.54) is 0 Å². The van der Waals surface area contributed by atoms with Crippen molar-refractivity contribution in [3.63, 3.8) is 0 Å². The summed E-state index contributed by atoms with van der Waals surface area (Å²) in [5.41, 5.74) is 1.05. The smallest absolute Gasteiger partial charge is 0.275 e. The molecule has 23 heavy (non-hydrogen) atoms. The first kappa shape index (κ1) is 14.9. The number of carbonyl (C=O) groups excluding carboxylic acids is 2. The number of anilines is 2. The second kappa shape index (κ2) is 6.39. The molecule has 1 heterocycles. The summed E-state index contributed by atoms with van der Waals surface area (Å²) in [6, 6.07) is 14.0. The minimum Gasteiger partial charge on any atom is -0.492 e. The van der Waals surface area contributed by atoms with Gasteiger partial charge in [-0.15, -0.1) is 0 Å². The van der Waals surface area contributed by atoms with Gasteiger partial charge in [0.15, 0.2) is 0 Å². The quantitative estimate of drug-likeness (QED) is 0.850. The molecule has 0 bridgehead atoms. The minimum absolute atomic E-state index is 0.463. The summed E-state index contributed by atoms with van der Waals surface area (Å²) >= 11 is 0. The van der Waals surface area contributed by atoms with Crippen molar-refractivity contribution in [3.8, 4) is 11.5 Å².